The van der Waals surface area contributed by atoms with E-state index in [0.29, 0.717) is 5.56 Å². The van der Waals surface area contributed by atoms with Gasteiger partial charge in [0.1, 0.15) is 6.61 Å². The lowest BCUT2D eigenvalue weighted by molar-refractivity contribution is -0.157. The number of aliphatic hydroxyl groups is 1. The van der Waals surface area contributed by atoms with E-state index >= 15 is 0 Å². The molecule has 0 aliphatic carbocycles. The van der Waals surface area contributed by atoms with E-state index in [1.807, 2.05) is 0 Å². The Morgan fingerprint density at radius 2 is 1.78 bits per heavy atom. The highest BCUT2D eigenvalue weighted by Crippen LogP contribution is 2.37. The van der Waals surface area contributed by atoms with Crippen molar-refractivity contribution in [2.24, 2.45) is 0 Å². The maximum Gasteiger partial charge on any atom is 0.335 e. The molecule has 23 heavy (non-hydrogen) atoms. The number of carbonyl (C=O) groups is 2. The van der Waals surface area contributed by atoms with Crippen LogP contribution in [0.2, 0.25) is 0 Å². The van der Waals surface area contributed by atoms with Gasteiger partial charge >= 0.3 is 11.9 Å². The van der Waals surface area contributed by atoms with E-state index in [-0.39, 0.29) is 23.9 Å². The molecule has 1 rings (SSSR count). The molecule has 1 aromatic carbocycles. The van der Waals surface area contributed by atoms with E-state index in [1.165, 1.54) is 20.3 Å². The minimum absolute atomic E-state index is 0.129. The van der Waals surface area contributed by atoms with Gasteiger partial charge in [-0.05, 0) is 23.8 Å². The molecule has 0 aliphatic rings. The molecule has 1 atom stereocenters. The second-order valence-electron chi connectivity index (χ2n) is 4.42. The average molecular weight is 326 g/mol. The van der Waals surface area contributed by atoms with Crippen LogP contribution in [0.3, 0.4) is 0 Å². The van der Waals surface area contributed by atoms with Gasteiger partial charge in [-0.2, -0.15) is 0 Å². The first-order valence-corrected chi connectivity index (χ1v) is 6.57. The number of aliphatic carboxylic acids is 1. The monoisotopic (exact) mass is 326 g/mol. The third-order valence-electron chi connectivity index (χ3n) is 2.77. The Hall–Kier alpha value is -2.74. The van der Waals surface area contributed by atoms with Gasteiger partial charge < -0.3 is 29.5 Å². The van der Waals surface area contributed by atoms with Crippen LogP contribution in [0.15, 0.2) is 18.2 Å². The number of esters is 1. The molecule has 3 N–H and O–H groups in total. The van der Waals surface area contributed by atoms with Crippen LogP contribution >= 0.6 is 0 Å². The van der Waals surface area contributed by atoms with Crippen LogP contribution in [0, 0.1) is 0 Å². The predicted molar refractivity (Wildman–Crippen MR) is 79.5 cm³/mol. The van der Waals surface area contributed by atoms with Gasteiger partial charge in [0, 0.05) is 0 Å². The van der Waals surface area contributed by atoms with Crippen molar-refractivity contribution in [3.05, 3.63) is 23.8 Å². The summed E-state index contributed by atoms with van der Waals surface area (Å²) in [6.07, 6.45) is 0.655. The van der Waals surface area contributed by atoms with E-state index in [9.17, 15) is 19.8 Å². The molecule has 0 spiro atoms. The summed E-state index contributed by atoms with van der Waals surface area (Å²) in [5, 5.41) is 27.5. The normalized spacial score (nSPS) is 12.0. The van der Waals surface area contributed by atoms with Gasteiger partial charge in [0.05, 0.1) is 20.6 Å². The van der Waals surface area contributed by atoms with Crippen LogP contribution in [0.4, 0.5) is 0 Å². The molecule has 1 unspecified atom stereocenters. The smallest absolute Gasteiger partial charge is 0.335 e. The van der Waals surface area contributed by atoms with Crippen LogP contribution in [-0.2, 0) is 14.3 Å². The van der Waals surface area contributed by atoms with Crippen molar-refractivity contribution in [3.8, 4) is 17.2 Å². The number of aliphatic hydroxyl groups excluding tert-OH is 1. The summed E-state index contributed by atoms with van der Waals surface area (Å²) in [6.45, 7) is -0.152. The number of carboxylic acids is 1. The minimum atomic E-state index is -1.70. The van der Waals surface area contributed by atoms with Crippen molar-refractivity contribution < 1.29 is 39.1 Å². The SMILES string of the molecule is COc1cc(/C=C/COC(=O)C(O)CC(=O)O)cc(OC)c1O. The van der Waals surface area contributed by atoms with Crippen LogP contribution in [-0.4, -0.2) is 54.2 Å². The van der Waals surface area contributed by atoms with Crippen molar-refractivity contribution in [3.63, 3.8) is 0 Å². The lowest BCUT2D eigenvalue weighted by atomic mass is 10.1. The van der Waals surface area contributed by atoms with E-state index in [0.717, 1.165) is 0 Å². The molecular formula is C15H18O8. The number of methoxy groups -OCH3 is 2. The Morgan fingerprint density at radius 1 is 1.22 bits per heavy atom. The highest BCUT2D eigenvalue weighted by Gasteiger charge is 2.19. The Bertz CT molecular complexity index is 568. The molecule has 8 heteroatoms. The first-order valence-electron chi connectivity index (χ1n) is 6.57. The molecule has 0 aromatic heterocycles. The lowest BCUT2D eigenvalue weighted by Gasteiger charge is -2.09. The second kappa shape index (κ2) is 8.64. The fourth-order valence-electron chi connectivity index (χ4n) is 1.67. The number of phenols is 1. The van der Waals surface area contributed by atoms with Crippen LogP contribution in [0.5, 0.6) is 17.2 Å². The maximum atomic E-state index is 11.3. The van der Waals surface area contributed by atoms with E-state index in [2.05, 4.69) is 0 Å². The second-order valence-corrected chi connectivity index (χ2v) is 4.42. The predicted octanol–water partition coefficient (Wildman–Crippen LogP) is 0.801. The third kappa shape index (κ3) is 5.51. The summed E-state index contributed by atoms with van der Waals surface area (Å²) >= 11 is 0. The summed E-state index contributed by atoms with van der Waals surface area (Å²) in [4.78, 5) is 21.6. The van der Waals surface area contributed by atoms with Crippen molar-refractivity contribution in [1.29, 1.82) is 0 Å². The lowest BCUT2D eigenvalue weighted by Crippen LogP contribution is -2.25. The number of ether oxygens (including phenoxy) is 3. The largest absolute Gasteiger partial charge is 0.502 e. The van der Waals surface area contributed by atoms with Crippen LogP contribution in [0.1, 0.15) is 12.0 Å². The zero-order valence-electron chi connectivity index (χ0n) is 12.7. The summed E-state index contributed by atoms with van der Waals surface area (Å²) in [6, 6.07) is 3.10. The highest BCUT2D eigenvalue weighted by molar-refractivity contribution is 5.80. The molecule has 0 amide bonds. The quantitative estimate of drug-likeness (QED) is 0.600. The van der Waals surface area contributed by atoms with E-state index in [1.54, 1.807) is 18.2 Å². The Labute approximate surface area is 132 Å². The van der Waals surface area contributed by atoms with Crippen LogP contribution in [0.25, 0.3) is 6.08 Å². The van der Waals surface area contributed by atoms with Gasteiger partial charge in [-0.25, -0.2) is 4.79 Å². The minimum Gasteiger partial charge on any atom is -0.502 e. The van der Waals surface area contributed by atoms with E-state index in [4.69, 9.17) is 19.3 Å². The first kappa shape index (κ1) is 18.3. The fourth-order valence-corrected chi connectivity index (χ4v) is 1.67. The zero-order chi connectivity index (χ0) is 17.4. The van der Waals surface area contributed by atoms with Crippen molar-refractivity contribution >= 4 is 18.0 Å². The Kier molecular flexibility index (Phi) is 6.88. The van der Waals surface area contributed by atoms with Gasteiger partial charge in [0.15, 0.2) is 17.6 Å². The highest BCUT2D eigenvalue weighted by atomic mass is 16.5. The molecule has 0 heterocycles. The molecule has 0 bridgehead atoms. The maximum absolute atomic E-state index is 11.3. The summed E-state index contributed by atoms with van der Waals surface area (Å²) in [5.41, 5.74) is 0.624. The molecule has 0 saturated carbocycles. The van der Waals surface area contributed by atoms with Crippen LogP contribution < -0.4 is 9.47 Å². The third-order valence-corrected chi connectivity index (χ3v) is 2.77. The van der Waals surface area contributed by atoms with Gasteiger partial charge in [-0.15, -0.1) is 0 Å². The average Bonchev–Trinajstić information content (AvgIpc) is 2.51. The van der Waals surface area contributed by atoms with Crippen molar-refractivity contribution in [1.82, 2.24) is 0 Å². The number of hydrogen-bond donors (Lipinski definition) is 3. The number of carboxylic acid groups (broad SMARTS) is 1. The number of hydrogen-bond acceptors (Lipinski definition) is 7. The molecule has 8 nitrogen and oxygen atoms in total. The molecule has 126 valence electrons. The van der Waals surface area contributed by atoms with Crippen molar-refractivity contribution in [2.45, 2.75) is 12.5 Å². The number of phenolic OH excluding ortho intramolecular Hbond substituents is 1. The van der Waals surface area contributed by atoms with E-state index < -0.39 is 24.5 Å². The number of carbonyl (C=O) groups excluding carboxylic acids is 1. The number of aromatic hydroxyl groups is 1. The zero-order valence-corrected chi connectivity index (χ0v) is 12.7. The molecular weight excluding hydrogens is 308 g/mol. The first-order chi connectivity index (χ1) is 10.9. The number of benzene rings is 1. The topological polar surface area (TPSA) is 123 Å². The molecule has 0 aliphatic heterocycles. The van der Waals surface area contributed by atoms with Gasteiger partial charge in [0.2, 0.25) is 5.75 Å². The summed E-state index contributed by atoms with van der Waals surface area (Å²) < 4.78 is 14.7. The summed E-state index contributed by atoms with van der Waals surface area (Å²) in [5.74, 6) is -2.00. The fraction of sp³-hybridized carbons (Fsp3) is 0.333. The van der Waals surface area contributed by atoms with Crippen molar-refractivity contribution in [2.75, 3.05) is 20.8 Å². The number of rotatable bonds is 8. The molecule has 0 radical (unpaired) electrons. The molecule has 0 saturated heterocycles. The van der Waals surface area contributed by atoms with Gasteiger partial charge in [-0.1, -0.05) is 6.08 Å². The standard InChI is InChI=1S/C15H18O8/c1-21-11-6-9(7-12(22-2)14(11)19)4-3-5-23-15(20)10(16)8-13(17)18/h3-4,6-7,10,16,19H,5,8H2,1-2H3,(H,17,18)/b4-3+. The Balaban J connectivity index is 2.65. The summed E-state index contributed by atoms with van der Waals surface area (Å²) in [7, 11) is 2.79. The van der Waals surface area contributed by atoms with Gasteiger partial charge in [-0.3, -0.25) is 4.79 Å². The Morgan fingerprint density at radius 3 is 2.26 bits per heavy atom. The molecule has 1 aromatic rings. The molecule has 0 fully saturated rings. The van der Waals surface area contributed by atoms with Gasteiger partial charge in [0.25, 0.3) is 0 Å².